The van der Waals surface area contributed by atoms with Gasteiger partial charge < -0.3 is 19.9 Å². The summed E-state index contributed by atoms with van der Waals surface area (Å²) in [5, 5.41) is 3.45. The van der Waals surface area contributed by atoms with Crippen molar-refractivity contribution in [1.82, 2.24) is 15.1 Å². The number of rotatable bonds is 6. The van der Waals surface area contributed by atoms with Gasteiger partial charge in [-0.2, -0.15) is 0 Å². The Morgan fingerprint density at radius 2 is 2.05 bits per heavy atom. The molecular formula is C16H31N3O2. The molecule has 1 amide bonds. The largest absolute Gasteiger partial charge is 0.379 e. The Morgan fingerprint density at radius 1 is 1.33 bits per heavy atom. The van der Waals surface area contributed by atoms with Gasteiger partial charge in [-0.25, -0.2) is 0 Å². The Hall–Kier alpha value is -0.650. The van der Waals surface area contributed by atoms with Crippen LogP contribution in [0, 0.1) is 11.8 Å². The van der Waals surface area contributed by atoms with Gasteiger partial charge in [0.25, 0.3) is 0 Å². The molecule has 0 bridgehead atoms. The normalized spacial score (nSPS) is 28.0. The monoisotopic (exact) mass is 297 g/mol. The summed E-state index contributed by atoms with van der Waals surface area (Å²) >= 11 is 0. The number of hydrogen-bond acceptors (Lipinski definition) is 4. The van der Waals surface area contributed by atoms with E-state index in [1.165, 1.54) is 12.8 Å². The van der Waals surface area contributed by atoms with Gasteiger partial charge in [-0.1, -0.05) is 6.92 Å². The summed E-state index contributed by atoms with van der Waals surface area (Å²) in [4.78, 5) is 17.0. The number of piperidine rings is 1. The second-order valence-electron chi connectivity index (χ2n) is 6.67. The molecule has 0 aromatic rings. The molecule has 0 aromatic heterocycles. The summed E-state index contributed by atoms with van der Waals surface area (Å²) in [6.07, 6.45) is 3.49. The van der Waals surface area contributed by atoms with Crippen molar-refractivity contribution < 1.29 is 9.53 Å². The molecular weight excluding hydrogens is 266 g/mol. The lowest BCUT2D eigenvalue weighted by Crippen LogP contribution is -2.46. The maximum Gasteiger partial charge on any atom is 0.229 e. The molecule has 2 aliphatic heterocycles. The highest BCUT2D eigenvalue weighted by atomic mass is 16.5. The molecule has 2 unspecified atom stereocenters. The van der Waals surface area contributed by atoms with Crippen LogP contribution >= 0.6 is 0 Å². The van der Waals surface area contributed by atoms with Gasteiger partial charge in [0.15, 0.2) is 0 Å². The first-order valence-electron chi connectivity index (χ1n) is 8.36. The van der Waals surface area contributed by atoms with Crippen LogP contribution in [-0.2, 0) is 9.53 Å². The average molecular weight is 297 g/mol. The quantitative estimate of drug-likeness (QED) is 0.788. The van der Waals surface area contributed by atoms with Crippen LogP contribution in [0.3, 0.4) is 0 Å². The van der Waals surface area contributed by atoms with E-state index in [1.807, 2.05) is 11.9 Å². The molecule has 0 radical (unpaired) electrons. The lowest BCUT2D eigenvalue weighted by molar-refractivity contribution is -0.135. The first kappa shape index (κ1) is 16.7. The van der Waals surface area contributed by atoms with Gasteiger partial charge in [0.1, 0.15) is 0 Å². The van der Waals surface area contributed by atoms with E-state index in [1.54, 1.807) is 0 Å². The summed E-state index contributed by atoms with van der Waals surface area (Å²) < 4.78 is 5.53. The van der Waals surface area contributed by atoms with Crippen molar-refractivity contribution in [3.8, 4) is 0 Å². The maximum absolute atomic E-state index is 12.7. The fraction of sp³-hybridized carbons (Fsp3) is 0.938. The second kappa shape index (κ2) is 8.11. The third-order valence-electron chi connectivity index (χ3n) is 4.80. The van der Waals surface area contributed by atoms with Crippen LogP contribution in [0.1, 0.15) is 26.2 Å². The summed E-state index contributed by atoms with van der Waals surface area (Å²) in [5.74, 6) is 0.896. The van der Waals surface area contributed by atoms with Gasteiger partial charge in [-0.3, -0.25) is 4.79 Å². The van der Waals surface area contributed by atoms with Gasteiger partial charge in [0, 0.05) is 19.6 Å². The summed E-state index contributed by atoms with van der Waals surface area (Å²) in [6, 6.07) is 0.192. The van der Waals surface area contributed by atoms with Crippen molar-refractivity contribution in [2.24, 2.45) is 11.8 Å². The van der Waals surface area contributed by atoms with Gasteiger partial charge in [-0.05, 0) is 51.9 Å². The number of ether oxygens (including phenoxy) is 1. The highest BCUT2D eigenvalue weighted by Crippen LogP contribution is 2.20. The fourth-order valence-electron chi connectivity index (χ4n) is 3.33. The third kappa shape index (κ3) is 4.66. The molecule has 5 nitrogen and oxygen atoms in total. The second-order valence-corrected chi connectivity index (χ2v) is 6.67. The van der Waals surface area contributed by atoms with Crippen LogP contribution in [0.2, 0.25) is 0 Å². The molecule has 0 aromatic carbocycles. The van der Waals surface area contributed by atoms with Crippen molar-refractivity contribution in [3.05, 3.63) is 0 Å². The highest BCUT2D eigenvalue weighted by Gasteiger charge is 2.35. The molecule has 0 saturated carbocycles. The summed E-state index contributed by atoms with van der Waals surface area (Å²) in [7, 11) is 4.13. The molecule has 122 valence electrons. The molecule has 2 fully saturated rings. The van der Waals surface area contributed by atoms with Crippen molar-refractivity contribution in [2.45, 2.75) is 32.2 Å². The summed E-state index contributed by atoms with van der Waals surface area (Å²) in [5.41, 5.74) is 0. The standard InChI is InChI=1S/C16H31N3O2/c1-4-7-17-15-12-21-11-14(15)16(20)19(3)10-13-5-8-18(2)9-6-13/h13-15,17H,4-12H2,1-3H3. The zero-order chi connectivity index (χ0) is 15.2. The van der Waals surface area contributed by atoms with Crippen molar-refractivity contribution in [2.75, 3.05) is 53.5 Å². The molecule has 2 saturated heterocycles. The number of carbonyl (C=O) groups excluding carboxylic acids is 1. The Labute approximate surface area is 129 Å². The topological polar surface area (TPSA) is 44.8 Å². The smallest absolute Gasteiger partial charge is 0.229 e. The lowest BCUT2D eigenvalue weighted by atomic mass is 9.95. The van der Waals surface area contributed by atoms with Gasteiger partial charge in [0.05, 0.1) is 19.1 Å². The maximum atomic E-state index is 12.7. The van der Waals surface area contributed by atoms with E-state index in [9.17, 15) is 4.79 Å². The Morgan fingerprint density at radius 3 is 2.71 bits per heavy atom. The van der Waals surface area contributed by atoms with Gasteiger partial charge in [0.2, 0.25) is 5.91 Å². The zero-order valence-corrected chi connectivity index (χ0v) is 13.8. The molecule has 5 heteroatoms. The van der Waals surface area contributed by atoms with Crippen LogP contribution < -0.4 is 5.32 Å². The van der Waals surface area contributed by atoms with Gasteiger partial charge >= 0.3 is 0 Å². The Balaban J connectivity index is 1.80. The van der Waals surface area contributed by atoms with E-state index < -0.39 is 0 Å². The highest BCUT2D eigenvalue weighted by molar-refractivity contribution is 5.79. The first-order valence-corrected chi connectivity index (χ1v) is 8.36. The van der Waals surface area contributed by atoms with Crippen LogP contribution in [0.25, 0.3) is 0 Å². The minimum Gasteiger partial charge on any atom is -0.379 e. The van der Waals surface area contributed by atoms with E-state index in [2.05, 4.69) is 24.2 Å². The van der Waals surface area contributed by atoms with Crippen molar-refractivity contribution in [3.63, 3.8) is 0 Å². The molecule has 2 atom stereocenters. The fourth-order valence-corrected chi connectivity index (χ4v) is 3.33. The average Bonchev–Trinajstić information content (AvgIpc) is 2.95. The van der Waals surface area contributed by atoms with E-state index in [0.717, 1.165) is 32.6 Å². The van der Waals surface area contributed by atoms with Crippen LogP contribution in [0.5, 0.6) is 0 Å². The number of amides is 1. The summed E-state index contributed by atoms with van der Waals surface area (Å²) in [6.45, 7) is 7.53. The van der Waals surface area contributed by atoms with Crippen LogP contribution in [0.15, 0.2) is 0 Å². The van der Waals surface area contributed by atoms with E-state index in [4.69, 9.17) is 4.74 Å². The van der Waals surface area contributed by atoms with Crippen molar-refractivity contribution >= 4 is 5.91 Å². The molecule has 2 aliphatic rings. The minimum absolute atomic E-state index is 0.00665. The predicted molar refractivity (Wildman–Crippen MR) is 84.2 cm³/mol. The third-order valence-corrected chi connectivity index (χ3v) is 4.80. The van der Waals surface area contributed by atoms with Gasteiger partial charge in [-0.15, -0.1) is 0 Å². The SMILES string of the molecule is CCCNC1COCC1C(=O)N(C)CC1CCN(C)CC1. The number of nitrogens with one attached hydrogen (secondary N) is 1. The predicted octanol–water partition coefficient (Wildman–Crippen LogP) is 0.801. The number of hydrogen-bond donors (Lipinski definition) is 1. The van der Waals surface area contributed by atoms with E-state index >= 15 is 0 Å². The molecule has 2 rings (SSSR count). The molecule has 2 heterocycles. The minimum atomic E-state index is -0.00665. The van der Waals surface area contributed by atoms with E-state index in [-0.39, 0.29) is 17.9 Å². The molecule has 21 heavy (non-hydrogen) atoms. The molecule has 0 spiro atoms. The lowest BCUT2D eigenvalue weighted by Gasteiger charge is -2.33. The Kier molecular flexibility index (Phi) is 6.45. The number of nitrogens with zero attached hydrogens (tertiary/aromatic N) is 2. The van der Waals surface area contributed by atoms with Crippen LogP contribution in [-0.4, -0.2) is 75.2 Å². The Bertz CT molecular complexity index is 329. The van der Waals surface area contributed by atoms with Crippen molar-refractivity contribution in [1.29, 1.82) is 0 Å². The molecule has 1 N–H and O–H groups in total. The number of likely N-dealkylation sites (tertiary alicyclic amines) is 1. The first-order chi connectivity index (χ1) is 10.1. The van der Waals surface area contributed by atoms with Crippen LogP contribution in [0.4, 0.5) is 0 Å². The zero-order valence-electron chi connectivity index (χ0n) is 13.8. The van der Waals surface area contributed by atoms with E-state index in [0.29, 0.717) is 19.1 Å². The molecule has 0 aliphatic carbocycles. The number of carbonyl (C=O) groups is 1.